The Hall–Kier alpha value is -1.23. The number of nitrogens with one attached hydrogen (secondary N) is 1. The molecule has 0 radical (unpaired) electrons. The predicted molar refractivity (Wildman–Crippen MR) is 46.3 cm³/mol. The Morgan fingerprint density at radius 3 is 2.85 bits per heavy atom. The van der Waals surface area contributed by atoms with Crippen molar-refractivity contribution in [3.8, 4) is 0 Å². The average molecular weight is 187 g/mol. The first-order valence-corrected chi connectivity index (χ1v) is 3.91. The van der Waals surface area contributed by atoms with Crippen LogP contribution in [-0.2, 0) is 0 Å². The van der Waals surface area contributed by atoms with Crippen molar-refractivity contribution in [2.75, 3.05) is 11.9 Å². The first-order chi connectivity index (χ1) is 6.13. The van der Waals surface area contributed by atoms with Crippen LogP contribution >= 0.6 is 0 Å². The van der Waals surface area contributed by atoms with Crippen LogP contribution in [0, 0.1) is 11.6 Å². The van der Waals surface area contributed by atoms with Gasteiger partial charge in [-0.2, -0.15) is 0 Å². The average Bonchev–Trinajstić information content (AvgIpc) is 2.09. The monoisotopic (exact) mass is 187 g/mol. The van der Waals surface area contributed by atoms with E-state index in [4.69, 9.17) is 5.73 Å². The lowest BCUT2D eigenvalue weighted by atomic mass is 10.3. The van der Waals surface area contributed by atoms with Crippen molar-refractivity contribution < 1.29 is 8.78 Å². The molecule has 72 valence electrons. The molecular formula is C8H11F2N3. The molecule has 5 heteroatoms. The lowest BCUT2D eigenvalue weighted by Crippen LogP contribution is -2.26. The second-order valence-corrected chi connectivity index (χ2v) is 2.77. The van der Waals surface area contributed by atoms with Crippen LogP contribution in [0.2, 0.25) is 0 Å². The van der Waals surface area contributed by atoms with Crippen LogP contribution < -0.4 is 11.1 Å². The van der Waals surface area contributed by atoms with Crippen LogP contribution in [0.3, 0.4) is 0 Å². The second kappa shape index (κ2) is 4.13. The molecule has 0 fully saturated rings. The van der Waals surface area contributed by atoms with Crippen LogP contribution in [0.1, 0.15) is 6.92 Å². The van der Waals surface area contributed by atoms with Crippen molar-refractivity contribution in [2.45, 2.75) is 13.0 Å². The summed E-state index contributed by atoms with van der Waals surface area (Å²) in [4.78, 5) is 3.55. The summed E-state index contributed by atoms with van der Waals surface area (Å²) >= 11 is 0. The zero-order valence-electron chi connectivity index (χ0n) is 7.22. The highest BCUT2D eigenvalue weighted by atomic mass is 19.1. The van der Waals surface area contributed by atoms with Gasteiger partial charge < -0.3 is 11.1 Å². The fourth-order valence-corrected chi connectivity index (χ4v) is 0.813. The summed E-state index contributed by atoms with van der Waals surface area (Å²) in [5.74, 6) is -1.37. The Bertz CT molecular complexity index is 291. The third-order valence-corrected chi connectivity index (χ3v) is 1.54. The van der Waals surface area contributed by atoms with Crippen LogP contribution in [0.5, 0.6) is 0 Å². The molecule has 1 heterocycles. The van der Waals surface area contributed by atoms with E-state index in [1.807, 2.05) is 0 Å². The summed E-state index contributed by atoms with van der Waals surface area (Å²) in [6.45, 7) is 2.14. The molecule has 1 rings (SSSR count). The fourth-order valence-electron chi connectivity index (χ4n) is 0.813. The van der Waals surface area contributed by atoms with Gasteiger partial charge in [0.25, 0.3) is 0 Å². The van der Waals surface area contributed by atoms with Gasteiger partial charge in [0, 0.05) is 18.7 Å². The van der Waals surface area contributed by atoms with Gasteiger partial charge in [0.1, 0.15) is 5.82 Å². The highest BCUT2D eigenvalue weighted by Gasteiger charge is 2.07. The van der Waals surface area contributed by atoms with Gasteiger partial charge in [-0.25, -0.2) is 13.8 Å². The Kier molecular flexibility index (Phi) is 3.13. The number of pyridine rings is 1. The third-order valence-electron chi connectivity index (χ3n) is 1.54. The number of nitrogens with two attached hydrogens (primary N) is 1. The van der Waals surface area contributed by atoms with E-state index in [0.29, 0.717) is 6.54 Å². The molecule has 0 saturated heterocycles. The minimum absolute atomic E-state index is 0.0272. The number of hydrogen-bond acceptors (Lipinski definition) is 3. The molecule has 0 aliphatic rings. The molecule has 0 aromatic carbocycles. The molecule has 0 saturated carbocycles. The highest BCUT2D eigenvalue weighted by molar-refractivity contribution is 5.36. The summed E-state index contributed by atoms with van der Waals surface area (Å²) in [5.41, 5.74) is 5.31. The number of rotatable bonds is 3. The molecule has 3 nitrogen and oxygen atoms in total. The van der Waals surface area contributed by atoms with Gasteiger partial charge in [-0.05, 0) is 6.92 Å². The van der Waals surface area contributed by atoms with E-state index in [2.05, 4.69) is 10.3 Å². The maximum atomic E-state index is 12.9. The first-order valence-electron chi connectivity index (χ1n) is 3.91. The fraction of sp³-hybridized carbons (Fsp3) is 0.375. The zero-order chi connectivity index (χ0) is 9.84. The largest absolute Gasteiger partial charge is 0.364 e. The summed E-state index contributed by atoms with van der Waals surface area (Å²) < 4.78 is 25.4. The standard InChI is InChI=1S/C8H11F2N3/c1-5(3-11)13-8-7(10)2-6(9)4-12-8/h2,4-5H,3,11H2,1H3,(H,12,13). The van der Waals surface area contributed by atoms with Crippen LogP contribution in [0.4, 0.5) is 14.6 Å². The quantitative estimate of drug-likeness (QED) is 0.745. The van der Waals surface area contributed by atoms with Gasteiger partial charge in [0.15, 0.2) is 11.6 Å². The number of hydrogen-bond donors (Lipinski definition) is 2. The molecule has 13 heavy (non-hydrogen) atoms. The van der Waals surface area contributed by atoms with Crippen molar-refractivity contribution in [1.82, 2.24) is 4.98 Å². The minimum atomic E-state index is -0.708. The van der Waals surface area contributed by atoms with E-state index in [-0.39, 0.29) is 11.9 Å². The SMILES string of the molecule is CC(CN)Nc1ncc(F)cc1F. The molecule has 0 spiro atoms. The number of nitrogens with zero attached hydrogens (tertiary/aromatic N) is 1. The lowest BCUT2D eigenvalue weighted by molar-refractivity contribution is 0.573. The highest BCUT2D eigenvalue weighted by Crippen LogP contribution is 2.11. The van der Waals surface area contributed by atoms with Crippen molar-refractivity contribution in [2.24, 2.45) is 5.73 Å². The number of halogens is 2. The summed E-state index contributed by atoms with van der Waals surface area (Å²) in [6.07, 6.45) is 0.953. The van der Waals surface area contributed by atoms with E-state index in [9.17, 15) is 8.78 Å². The topological polar surface area (TPSA) is 50.9 Å². The summed E-state index contributed by atoms with van der Waals surface area (Å²) in [7, 11) is 0. The summed E-state index contributed by atoms with van der Waals surface area (Å²) in [6, 6.07) is 0.686. The molecule has 0 aliphatic carbocycles. The molecule has 0 amide bonds. The smallest absolute Gasteiger partial charge is 0.168 e. The van der Waals surface area contributed by atoms with E-state index in [0.717, 1.165) is 12.3 Å². The van der Waals surface area contributed by atoms with Crippen molar-refractivity contribution in [3.63, 3.8) is 0 Å². The molecule has 1 aromatic rings. The molecule has 0 aliphatic heterocycles. The van der Waals surface area contributed by atoms with Crippen LogP contribution in [-0.4, -0.2) is 17.6 Å². The van der Waals surface area contributed by atoms with Gasteiger partial charge in [0.2, 0.25) is 0 Å². The molecule has 1 atom stereocenters. The Labute approximate surface area is 75.0 Å². The van der Waals surface area contributed by atoms with Crippen molar-refractivity contribution in [1.29, 1.82) is 0 Å². The minimum Gasteiger partial charge on any atom is -0.364 e. The molecule has 1 unspecified atom stereocenters. The number of anilines is 1. The maximum absolute atomic E-state index is 12.9. The van der Waals surface area contributed by atoms with Crippen LogP contribution in [0.25, 0.3) is 0 Å². The second-order valence-electron chi connectivity index (χ2n) is 2.77. The maximum Gasteiger partial charge on any atom is 0.168 e. The Morgan fingerprint density at radius 2 is 2.31 bits per heavy atom. The third kappa shape index (κ3) is 2.62. The first kappa shape index (κ1) is 9.85. The van der Waals surface area contributed by atoms with Gasteiger partial charge in [0.05, 0.1) is 6.20 Å². The van der Waals surface area contributed by atoms with E-state index >= 15 is 0 Å². The normalized spacial score (nSPS) is 12.6. The Balaban J connectivity index is 2.77. The van der Waals surface area contributed by atoms with E-state index in [1.165, 1.54) is 0 Å². The van der Waals surface area contributed by atoms with E-state index < -0.39 is 11.6 Å². The van der Waals surface area contributed by atoms with Gasteiger partial charge in [-0.3, -0.25) is 0 Å². The van der Waals surface area contributed by atoms with Crippen LogP contribution in [0.15, 0.2) is 12.3 Å². The predicted octanol–water partition coefficient (Wildman–Crippen LogP) is 1.12. The van der Waals surface area contributed by atoms with Gasteiger partial charge >= 0.3 is 0 Å². The molecule has 1 aromatic heterocycles. The zero-order valence-corrected chi connectivity index (χ0v) is 7.22. The van der Waals surface area contributed by atoms with E-state index in [1.54, 1.807) is 6.92 Å². The Morgan fingerprint density at radius 1 is 1.62 bits per heavy atom. The summed E-state index contributed by atoms with van der Waals surface area (Å²) in [5, 5.41) is 2.71. The van der Waals surface area contributed by atoms with Crippen molar-refractivity contribution in [3.05, 3.63) is 23.9 Å². The molecule has 0 bridgehead atoms. The number of aromatic nitrogens is 1. The molecule has 3 N–H and O–H groups in total. The van der Waals surface area contributed by atoms with Gasteiger partial charge in [-0.15, -0.1) is 0 Å². The van der Waals surface area contributed by atoms with Gasteiger partial charge in [-0.1, -0.05) is 0 Å². The molecular weight excluding hydrogens is 176 g/mol. The van der Waals surface area contributed by atoms with Crippen molar-refractivity contribution >= 4 is 5.82 Å². The lowest BCUT2D eigenvalue weighted by Gasteiger charge is -2.11.